The van der Waals surface area contributed by atoms with E-state index in [4.69, 9.17) is 0 Å². The summed E-state index contributed by atoms with van der Waals surface area (Å²) < 4.78 is 0. The molecule has 2 heterocycles. The number of aliphatic imine (C=N–C) groups is 1. The van der Waals surface area contributed by atoms with Crippen molar-refractivity contribution in [2.75, 3.05) is 60.4 Å². The van der Waals surface area contributed by atoms with Gasteiger partial charge in [-0.2, -0.15) is 0 Å². The molecule has 0 amide bonds. The highest BCUT2D eigenvalue weighted by molar-refractivity contribution is 14.0. The van der Waals surface area contributed by atoms with Gasteiger partial charge in [0.05, 0.1) is 0 Å². The van der Waals surface area contributed by atoms with Crippen molar-refractivity contribution in [3.05, 3.63) is 0 Å². The molecule has 158 valence electrons. The maximum atomic E-state index is 4.49. The third-order valence-electron chi connectivity index (χ3n) is 6.59. The molecule has 0 radical (unpaired) electrons. The predicted molar refractivity (Wildman–Crippen MR) is 125 cm³/mol. The topological polar surface area (TPSA) is 46.1 Å². The summed E-state index contributed by atoms with van der Waals surface area (Å²) in [5.74, 6) is 0.974. The largest absolute Gasteiger partial charge is 0.355 e. The molecule has 27 heavy (non-hydrogen) atoms. The van der Waals surface area contributed by atoms with E-state index < -0.39 is 0 Å². The van der Waals surface area contributed by atoms with Crippen LogP contribution in [0.15, 0.2) is 4.99 Å². The molecule has 2 atom stereocenters. The average Bonchev–Trinajstić information content (AvgIpc) is 2.68. The molecule has 0 aromatic carbocycles. The van der Waals surface area contributed by atoms with Crippen molar-refractivity contribution in [3.8, 4) is 0 Å². The Morgan fingerprint density at radius 3 is 2.48 bits per heavy atom. The van der Waals surface area contributed by atoms with Crippen molar-refractivity contribution in [1.82, 2.24) is 25.3 Å². The van der Waals surface area contributed by atoms with Gasteiger partial charge in [0.15, 0.2) is 5.96 Å². The van der Waals surface area contributed by atoms with Crippen molar-refractivity contribution >= 4 is 29.9 Å². The molecule has 7 heteroatoms. The third-order valence-corrected chi connectivity index (χ3v) is 6.59. The zero-order chi connectivity index (χ0) is 18.4. The molecule has 2 aliphatic heterocycles. The molecule has 2 saturated heterocycles. The summed E-state index contributed by atoms with van der Waals surface area (Å²) in [6.45, 7) is 6.86. The molecular weight excluding hydrogens is 451 g/mol. The Labute approximate surface area is 183 Å². The van der Waals surface area contributed by atoms with E-state index >= 15 is 0 Å². The fourth-order valence-corrected chi connectivity index (χ4v) is 4.83. The lowest BCUT2D eigenvalue weighted by atomic mass is 9.92. The molecule has 0 spiro atoms. The normalized spacial score (nSPS) is 30.0. The van der Waals surface area contributed by atoms with E-state index in [1.54, 1.807) is 0 Å². The summed E-state index contributed by atoms with van der Waals surface area (Å²) >= 11 is 0. The summed E-state index contributed by atoms with van der Waals surface area (Å²) in [6, 6.07) is 1.91. The molecule has 2 unspecified atom stereocenters. The van der Waals surface area contributed by atoms with Crippen molar-refractivity contribution < 1.29 is 0 Å². The Kier molecular flexibility index (Phi) is 10.1. The second-order valence-electron chi connectivity index (χ2n) is 8.62. The van der Waals surface area contributed by atoms with Crippen molar-refractivity contribution in [1.29, 1.82) is 0 Å². The lowest BCUT2D eigenvalue weighted by Gasteiger charge is -2.41. The van der Waals surface area contributed by atoms with Crippen LogP contribution >= 0.6 is 24.0 Å². The zero-order valence-corrected chi connectivity index (χ0v) is 20.0. The van der Waals surface area contributed by atoms with Crippen LogP contribution < -0.4 is 10.6 Å². The Morgan fingerprint density at radius 2 is 1.74 bits per heavy atom. The Bertz CT molecular complexity index is 454. The lowest BCUT2D eigenvalue weighted by Crippen LogP contribution is -2.57. The van der Waals surface area contributed by atoms with Gasteiger partial charge in [0.1, 0.15) is 0 Å². The number of hydrogen-bond acceptors (Lipinski definition) is 4. The summed E-state index contributed by atoms with van der Waals surface area (Å²) in [5, 5.41) is 7.29. The number of hydrogen-bond donors (Lipinski definition) is 2. The van der Waals surface area contributed by atoms with Crippen molar-refractivity contribution in [2.24, 2.45) is 4.99 Å². The van der Waals surface area contributed by atoms with E-state index in [0.717, 1.165) is 31.6 Å². The van der Waals surface area contributed by atoms with E-state index in [1.807, 2.05) is 7.05 Å². The summed E-state index contributed by atoms with van der Waals surface area (Å²) in [5.41, 5.74) is 0. The smallest absolute Gasteiger partial charge is 0.191 e. The molecule has 1 saturated carbocycles. The van der Waals surface area contributed by atoms with Gasteiger partial charge in [0.2, 0.25) is 0 Å². The van der Waals surface area contributed by atoms with Crippen molar-refractivity contribution in [2.45, 2.75) is 63.1 Å². The number of likely N-dealkylation sites (tertiary alicyclic amines) is 1. The van der Waals surface area contributed by atoms with E-state index in [2.05, 4.69) is 44.4 Å². The van der Waals surface area contributed by atoms with Crippen molar-refractivity contribution in [3.63, 3.8) is 0 Å². The van der Waals surface area contributed by atoms with Gasteiger partial charge in [-0.25, -0.2) is 0 Å². The number of nitrogens with one attached hydrogen (secondary N) is 2. The van der Waals surface area contributed by atoms with Crippen LogP contribution in [0.3, 0.4) is 0 Å². The highest BCUT2D eigenvalue weighted by atomic mass is 127. The molecule has 0 aromatic rings. The van der Waals surface area contributed by atoms with Gasteiger partial charge in [-0.3, -0.25) is 14.8 Å². The summed E-state index contributed by atoms with van der Waals surface area (Å²) in [6.07, 6.45) is 9.66. The maximum Gasteiger partial charge on any atom is 0.191 e. The fourth-order valence-electron chi connectivity index (χ4n) is 4.83. The van der Waals surface area contributed by atoms with Gasteiger partial charge < -0.3 is 15.5 Å². The zero-order valence-electron chi connectivity index (χ0n) is 17.6. The van der Waals surface area contributed by atoms with Crippen LogP contribution in [-0.2, 0) is 0 Å². The highest BCUT2D eigenvalue weighted by Gasteiger charge is 2.28. The SMILES string of the molecule is CN=C(NCC1CN(C)CCN1C)NC1CCCN(C2CCCCC2)C1.I. The summed E-state index contributed by atoms with van der Waals surface area (Å²) in [4.78, 5) is 12.1. The van der Waals surface area contributed by atoms with Crippen LogP contribution in [0.5, 0.6) is 0 Å². The minimum absolute atomic E-state index is 0. The highest BCUT2D eigenvalue weighted by Crippen LogP contribution is 2.25. The van der Waals surface area contributed by atoms with Crippen LogP contribution in [0.2, 0.25) is 0 Å². The quantitative estimate of drug-likeness (QED) is 0.356. The number of nitrogens with zero attached hydrogens (tertiary/aromatic N) is 4. The number of halogens is 1. The first kappa shape index (κ1) is 23.2. The molecule has 0 aromatic heterocycles. The fraction of sp³-hybridized carbons (Fsp3) is 0.950. The van der Waals surface area contributed by atoms with Crippen LogP contribution in [0.25, 0.3) is 0 Å². The van der Waals surface area contributed by atoms with Crippen LogP contribution in [-0.4, -0.2) is 99.2 Å². The number of likely N-dealkylation sites (N-methyl/N-ethyl adjacent to an activating group) is 2. The first-order valence-electron chi connectivity index (χ1n) is 10.8. The predicted octanol–water partition coefficient (Wildman–Crippen LogP) is 1.81. The molecule has 1 aliphatic carbocycles. The molecule has 3 fully saturated rings. The van der Waals surface area contributed by atoms with E-state index in [9.17, 15) is 0 Å². The standard InChI is InChI=1S/C20H40N6.HI/c1-21-20(22-14-19-16-24(2)12-13-25(19)3)23-17-8-7-11-26(15-17)18-9-5-4-6-10-18;/h17-19H,4-16H2,1-3H3,(H2,21,22,23);1H. The van der Waals surface area contributed by atoms with Gasteiger partial charge >= 0.3 is 0 Å². The van der Waals surface area contributed by atoms with Gasteiger partial charge in [-0.1, -0.05) is 19.3 Å². The average molecular weight is 492 g/mol. The number of rotatable bonds is 4. The van der Waals surface area contributed by atoms with Crippen LogP contribution in [0.4, 0.5) is 0 Å². The van der Waals surface area contributed by atoms with Crippen LogP contribution in [0, 0.1) is 0 Å². The third kappa shape index (κ3) is 7.01. The van der Waals surface area contributed by atoms with Gasteiger partial charge in [-0.15, -0.1) is 24.0 Å². The van der Waals surface area contributed by atoms with E-state index in [1.165, 1.54) is 64.6 Å². The molecule has 3 rings (SSSR count). The van der Waals surface area contributed by atoms with Crippen LogP contribution in [0.1, 0.15) is 44.9 Å². The van der Waals surface area contributed by atoms with Gasteiger partial charge in [0.25, 0.3) is 0 Å². The molecule has 3 aliphatic rings. The molecule has 2 N–H and O–H groups in total. The maximum absolute atomic E-state index is 4.49. The number of guanidine groups is 1. The second kappa shape index (κ2) is 11.8. The second-order valence-corrected chi connectivity index (χ2v) is 8.62. The molecule has 6 nitrogen and oxygen atoms in total. The Balaban J connectivity index is 0.00000261. The Morgan fingerprint density at radius 1 is 0.963 bits per heavy atom. The first-order chi connectivity index (χ1) is 12.7. The summed E-state index contributed by atoms with van der Waals surface area (Å²) in [7, 11) is 6.35. The lowest BCUT2D eigenvalue weighted by molar-refractivity contribution is 0.113. The van der Waals surface area contributed by atoms with E-state index in [0.29, 0.717) is 12.1 Å². The molecule has 0 bridgehead atoms. The minimum atomic E-state index is 0. The van der Waals surface area contributed by atoms with Gasteiger partial charge in [0, 0.05) is 57.9 Å². The number of piperazine rings is 1. The van der Waals surface area contributed by atoms with Gasteiger partial charge in [-0.05, 0) is 46.3 Å². The molecular formula is C20H41IN6. The monoisotopic (exact) mass is 492 g/mol. The number of piperidine rings is 1. The Hall–Kier alpha value is -0.120. The minimum Gasteiger partial charge on any atom is -0.355 e. The van der Waals surface area contributed by atoms with E-state index in [-0.39, 0.29) is 24.0 Å². The first-order valence-corrected chi connectivity index (χ1v) is 10.8.